The standard InChI is InChI=1S/C20H25FN8O9P2S2/c21-12-9(26-11-1-2-23-6-24-11)3-8-4-34-39(32,41)38-16-14(30)10(5-35-40(33,42)37-15(8)12)36-19(16)29-7-25-13-17(29)27-20(22)28-18(13)31/h1-2,6-10,12,14-16,19,30H,3-5H2,(H,32,41)(H,33,42)(H,23,24,26)(H3,22,27,28,31)/t8-,9-,10-,12+,14-,15-,16-,19-,39?,40?/m1/s1. The van der Waals surface area contributed by atoms with Crippen LogP contribution in [0.3, 0.4) is 0 Å². The Balaban J connectivity index is 1.29. The van der Waals surface area contributed by atoms with Gasteiger partial charge < -0.3 is 25.4 Å². The van der Waals surface area contributed by atoms with Gasteiger partial charge in [0.15, 0.2) is 17.4 Å². The number of alkyl halides is 1. The van der Waals surface area contributed by atoms with E-state index in [1.807, 2.05) is 0 Å². The fraction of sp³-hybridized carbons (Fsp3) is 0.550. The molecule has 0 amide bonds. The number of anilines is 2. The SMILES string of the molecule is Nc1nc2c(ncn2[C@@H]2O[C@@H]3COP(=O)(S)O[C@@H]4[C@@H](COP(=O)(S)O[C@@H]2[C@@H]3O)C[C@@H](Nc2ccncn2)[C@@H]4F)c(=O)[nH]1. The van der Waals surface area contributed by atoms with Gasteiger partial charge in [-0.2, -0.15) is 4.98 Å². The molecule has 3 aromatic heterocycles. The van der Waals surface area contributed by atoms with E-state index in [9.17, 15) is 19.0 Å². The van der Waals surface area contributed by atoms with Gasteiger partial charge in [0.2, 0.25) is 5.95 Å². The van der Waals surface area contributed by atoms with Gasteiger partial charge in [0.05, 0.1) is 25.6 Å². The first-order valence-corrected chi connectivity index (χ1v) is 17.8. The van der Waals surface area contributed by atoms with Crippen LogP contribution in [0.4, 0.5) is 16.2 Å². The van der Waals surface area contributed by atoms with Crippen LogP contribution in [0.1, 0.15) is 12.6 Å². The van der Waals surface area contributed by atoms with Crippen LogP contribution in [-0.2, 0) is 32.0 Å². The predicted molar refractivity (Wildman–Crippen MR) is 150 cm³/mol. The zero-order chi connectivity index (χ0) is 29.8. The van der Waals surface area contributed by atoms with Crippen molar-refractivity contribution in [2.24, 2.45) is 5.92 Å². The normalized spacial score (nSPS) is 39.2. The molecule has 5 heterocycles. The van der Waals surface area contributed by atoms with Crippen LogP contribution in [0.5, 0.6) is 0 Å². The van der Waals surface area contributed by atoms with Gasteiger partial charge in [-0.3, -0.25) is 27.9 Å². The number of nitrogen functional groups attached to an aromatic ring is 1. The van der Waals surface area contributed by atoms with Crippen molar-refractivity contribution in [2.45, 2.75) is 49.3 Å². The number of aliphatic hydroxyl groups excluding tert-OH is 1. The van der Waals surface area contributed by atoms with Gasteiger partial charge in [-0.15, -0.1) is 0 Å². The predicted octanol–water partition coefficient (Wildman–Crippen LogP) is 1.48. The van der Waals surface area contributed by atoms with E-state index in [1.54, 1.807) is 6.07 Å². The Labute approximate surface area is 246 Å². The van der Waals surface area contributed by atoms with Crippen LogP contribution in [0.15, 0.2) is 29.7 Å². The number of fused-ring (bicyclic) bond motifs is 4. The number of thiol groups is 2. The smallest absolute Gasteiger partial charge is 0.386 e. The van der Waals surface area contributed by atoms with Crippen LogP contribution in [-0.4, -0.2) is 84.4 Å². The van der Waals surface area contributed by atoms with Gasteiger partial charge in [-0.05, 0) is 12.5 Å². The molecule has 1 aliphatic carbocycles. The number of H-pyrrole nitrogens is 1. The molecule has 3 aliphatic rings. The number of hydrogen-bond acceptors (Lipinski definition) is 15. The number of aromatic nitrogens is 6. The fourth-order valence-electron chi connectivity index (χ4n) is 5.14. The van der Waals surface area contributed by atoms with E-state index in [1.165, 1.54) is 23.4 Å². The van der Waals surface area contributed by atoms with Crippen molar-refractivity contribution < 1.29 is 41.5 Å². The number of nitrogens with two attached hydrogens (primary N) is 1. The summed E-state index contributed by atoms with van der Waals surface area (Å²) in [4.78, 5) is 30.5. The number of aromatic amines is 1. The van der Waals surface area contributed by atoms with Gasteiger partial charge in [0, 0.05) is 12.1 Å². The Morgan fingerprint density at radius 2 is 1.90 bits per heavy atom. The van der Waals surface area contributed by atoms with E-state index in [0.717, 1.165) is 0 Å². The molecule has 6 rings (SSSR count). The minimum atomic E-state index is -4.28. The Morgan fingerprint density at radius 1 is 1.17 bits per heavy atom. The molecule has 3 fully saturated rings. The molecule has 10 atom stereocenters. The number of aliphatic hydroxyl groups is 1. The lowest BCUT2D eigenvalue weighted by Crippen LogP contribution is -2.35. The molecule has 2 unspecified atom stereocenters. The average molecular weight is 667 g/mol. The summed E-state index contributed by atoms with van der Waals surface area (Å²) in [6.45, 7) is -9.50. The summed E-state index contributed by atoms with van der Waals surface area (Å²) in [6.07, 6.45) is -4.61. The number of halogens is 1. The second-order valence-electron chi connectivity index (χ2n) is 9.79. The third-order valence-electron chi connectivity index (χ3n) is 7.04. The van der Waals surface area contributed by atoms with E-state index in [0.29, 0.717) is 5.82 Å². The summed E-state index contributed by atoms with van der Waals surface area (Å²) in [5.41, 5.74) is 4.95. The molecule has 2 saturated heterocycles. The molecule has 0 radical (unpaired) electrons. The highest BCUT2D eigenvalue weighted by Crippen LogP contribution is 2.60. The van der Waals surface area contributed by atoms with Crippen molar-refractivity contribution in [3.8, 4) is 0 Å². The minimum absolute atomic E-state index is 0.0205. The largest absolute Gasteiger partial charge is 0.387 e. The first kappa shape index (κ1) is 29.9. The zero-order valence-corrected chi connectivity index (χ0v) is 24.8. The first-order valence-electron chi connectivity index (χ1n) is 12.4. The highest BCUT2D eigenvalue weighted by Gasteiger charge is 2.52. The maximum atomic E-state index is 15.6. The molecular formula is C20H25FN8O9P2S2. The second-order valence-corrected chi connectivity index (χ2v) is 15.5. The van der Waals surface area contributed by atoms with Crippen molar-refractivity contribution in [3.05, 3.63) is 35.3 Å². The zero-order valence-electron chi connectivity index (χ0n) is 21.2. The number of imidazole rings is 1. The van der Waals surface area contributed by atoms with Crippen molar-refractivity contribution in [1.82, 2.24) is 29.5 Å². The molecular weight excluding hydrogens is 641 g/mol. The van der Waals surface area contributed by atoms with E-state index < -0.39 is 81.1 Å². The lowest BCUT2D eigenvalue weighted by molar-refractivity contribution is -0.0498. The molecule has 5 N–H and O–H groups in total. The molecule has 0 aromatic carbocycles. The molecule has 1 saturated carbocycles. The number of nitrogens with zero attached hydrogens (tertiary/aromatic N) is 5. The summed E-state index contributed by atoms with van der Waals surface area (Å²) in [5, 5.41) is 14.0. The molecule has 2 aliphatic heterocycles. The van der Waals surface area contributed by atoms with Crippen LogP contribution in [0.2, 0.25) is 0 Å². The number of hydrogen-bond donors (Lipinski definition) is 6. The Bertz CT molecular complexity index is 1620. The third kappa shape index (κ3) is 5.97. The van der Waals surface area contributed by atoms with Crippen molar-refractivity contribution in [2.75, 3.05) is 24.3 Å². The maximum Gasteiger partial charge on any atom is 0.386 e. The monoisotopic (exact) mass is 666 g/mol. The minimum Gasteiger partial charge on any atom is -0.387 e. The number of ether oxygens (including phenoxy) is 1. The van der Waals surface area contributed by atoms with Crippen molar-refractivity contribution >= 4 is 61.0 Å². The van der Waals surface area contributed by atoms with E-state index in [2.05, 4.69) is 54.7 Å². The molecule has 0 spiro atoms. The Morgan fingerprint density at radius 3 is 2.64 bits per heavy atom. The van der Waals surface area contributed by atoms with Crippen LogP contribution >= 0.6 is 38.1 Å². The third-order valence-corrected chi connectivity index (χ3v) is 10.3. The van der Waals surface area contributed by atoms with Gasteiger partial charge in [-0.25, -0.2) is 28.5 Å². The summed E-state index contributed by atoms with van der Waals surface area (Å²) in [6, 6.07) is 0.685. The maximum absolute atomic E-state index is 15.6. The first-order chi connectivity index (χ1) is 19.9. The van der Waals surface area contributed by atoms with Gasteiger partial charge in [0.25, 0.3) is 5.56 Å². The average Bonchev–Trinajstić information content (AvgIpc) is 3.57. The molecule has 17 nitrogen and oxygen atoms in total. The van der Waals surface area contributed by atoms with Gasteiger partial charge in [0.1, 0.15) is 42.7 Å². The highest BCUT2D eigenvalue weighted by molar-refractivity contribution is 8.44. The lowest BCUT2D eigenvalue weighted by atomic mass is 10.1. The Kier molecular flexibility index (Phi) is 8.14. The summed E-state index contributed by atoms with van der Waals surface area (Å²) in [7, 11) is 0. The molecule has 228 valence electrons. The van der Waals surface area contributed by atoms with E-state index in [4.69, 9.17) is 28.6 Å². The molecule has 3 aromatic rings. The van der Waals surface area contributed by atoms with Crippen LogP contribution in [0, 0.1) is 5.92 Å². The van der Waals surface area contributed by atoms with Crippen LogP contribution < -0.4 is 16.6 Å². The summed E-state index contributed by atoms with van der Waals surface area (Å²) >= 11 is 8.09. The van der Waals surface area contributed by atoms with E-state index in [-0.39, 0.29) is 23.5 Å². The van der Waals surface area contributed by atoms with Crippen molar-refractivity contribution in [1.29, 1.82) is 0 Å². The lowest BCUT2D eigenvalue weighted by Gasteiger charge is -2.27. The van der Waals surface area contributed by atoms with Crippen molar-refractivity contribution in [3.63, 3.8) is 0 Å². The summed E-state index contributed by atoms with van der Waals surface area (Å²) < 4.78 is 71.6. The molecule has 42 heavy (non-hydrogen) atoms. The molecule has 2 bridgehead atoms. The fourth-order valence-corrected chi connectivity index (χ4v) is 8.16. The number of rotatable bonds is 3. The molecule has 22 heteroatoms. The summed E-state index contributed by atoms with van der Waals surface area (Å²) in [5.74, 6) is -0.674. The number of nitrogens with one attached hydrogen (secondary N) is 2. The van der Waals surface area contributed by atoms with Gasteiger partial charge >= 0.3 is 13.6 Å². The Hall–Kier alpha value is -2.12. The highest BCUT2D eigenvalue weighted by atomic mass is 32.7. The van der Waals surface area contributed by atoms with E-state index >= 15 is 4.39 Å². The quantitative estimate of drug-likeness (QED) is 0.172. The van der Waals surface area contributed by atoms with Crippen LogP contribution in [0.25, 0.3) is 11.2 Å². The second kappa shape index (κ2) is 11.4. The topological polar surface area (TPSA) is 228 Å². The van der Waals surface area contributed by atoms with Gasteiger partial charge in [-0.1, -0.05) is 24.5 Å².